The summed E-state index contributed by atoms with van der Waals surface area (Å²) in [6.45, 7) is 9.74. The molecule has 1 amide bonds. The number of hydrogen-bond acceptors (Lipinski definition) is 5. The number of benzene rings is 2. The van der Waals surface area contributed by atoms with Crippen molar-refractivity contribution in [1.82, 2.24) is 14.7 Å². The van der Waals surface area contributed by atoms with E-state index in [1.54, 1.807) is 4.90 Å². The van der Waals surface area contributed by atoms with Gasteiger partial charge in [0.05, 0.1) is 17.2 Å². The van der Waals surface area contributed by atoms with E-state index in [2.05, 4.69) is 20.8 Å². The van der Waals surface area contributed by atoms with Crippen LogP contribution in [-0.2, 0) is 4.79 Å². The Kier molecular flexibility index (Phi) is 9.22. The van der Waals surface area contributed by atoms with Gasteiger partial charge in [-0.25, -0.2) is 4.68 Å². The highest BCUT2D eigenvalue weighted by molar-refractivity contribution is 8.26. The molecule has 5 nitrogen and oxygen atoms in total. The van der Waals surface area contributed by atoms with Gasteiger partial charge in [-0.2, -0.15) is 5.10 Å². The minimum absolute atomic E-state index is 0.00762. The summed E-state index contributed by atoms with van der Waals surface area (Å²) in [6.07, 6.45) is 8.43. The van der Waals surface area contributed by atoms with Crippen molar-refractivity contribution in [3.8, 4) is 22.7 Å². The second-order valence-electron chi connectivity index (χ2n) is 9.33. The van der Waals surface area contributed by atoms with Gasteiger partial charge in [-0.3, -0.25) is 9.69 Å². The Bertz CT molecular complexity index is 1280. The van der Waals surface area contributed by atoms with Crippen LogP contribution in [0.1, 0.15) is 57.6 Å². The molecular weight excluding hydrogens is 498 g/mol. The first-order valence-electron chi connectivity index (χ1n) is 13.1. The van der Waals surface area contributed by atoms with E-state index in [4.69, 9.17) is 22.1 Å². The summed E-state index contributed by atoms with van der Waals surface area (Å²) in [6, 6.07) is 16.1. The molecule has 37 heavy (non-hydrogen) atoms. The van der Waals surface area contributed by atoms with Gasteiger partial charge in [0.15, 0.2) is 0 Å². The number of aromatic nitrogens is 2. The summed E-state index contributed by atoms with van der Waals surface area (Å²) < 4.78 is 8.20. The molecule has 0 aliphatic carbocycles. The maximum absolute atomic E-state index is 13.5. The molecule has 0 saturated carbocycles. The Morgan fingerprint density at radius 2 is 1.92 bits per heavy atom. The predicted molar refractivity (Wildman–Crippen MR) is 158 cm³/mol. The van der Waals surface area contributed by atoms with Gasteiger partial charge in [0, 0.05) is 23.9 Å². The normalized spacial score (nSPS) is 15.6. The van der Waals surface area contributed by atoms with E-state index in [1.807, 2.05) is 72.4 Å². The molecule has 0 N–H and O–H groups in total. The lowest BCUT2D eigenvalue weighted by atomic mass is 9.99. The number of para-hydroxylation sites is 1. The summed E-state index contributed by atoms with van der Waals surface area (Å²) >= 11 is 7.04. The van der Waals surface area contributed by atoms with Crippen LogP contribution in [-0.4, -0.2) is 38.1 Å². The lowest BCUT2D eigenvalue weighted by Crippen LogP contribution is -2.33. The zero-order valence-electron chi connectivity index (χ0n) is 22.1. The molecule has 2 aromatic carbocycles. The number of thioether (sulfide) groups is 1. The quantitative estimate of drug-likeness (QED) is 0.187. The molecule has 194 valence electrons. The van der Waals surface area contributed by atoms with Crippen LogP contribution in [0, 0.1) is 12.8 Å². The largest absolute Gasteiger partial charge is 0.494 e. The summed E-state index contributed by atoms with van der Waals surface area (Å²) in [5.74, 6) is 1.29. The molecule has 1 aromatic heterocycles. The van der Waals surface area contributed by atoms with Gasteiger partial charge >= 0.3 is 0 Å². The van der Waals surface area contributed by atoms with Crippen LogP contribution in [0.5, 0.6) is 5.75 Å². The van der Waals surface area contributed by atoms with Crippen molar-refractivity contribution in [1.29, 1.82) is 0 Å². The zero-order valence-corrected chi connectivity index (χ0v) is 23.7. The Balaban J connectivity index is 1.70. The second kappa shape index (κ2) is 12.6. The molecule has 1 fully saturated rings. The summed E-state index contributed by atoms with van der Waals surface area (Å²) in [5, 5.41) is 4.95. The van der Waals surface area contributed by atoms with E-state index in [1.165, 1.54) is 18.2 Å². The number of aryl methyl sites for hydroxylation is 1. The van der Waals surface area contributed by atoms with Gasteiger partial charge in [-0.15, -0.1) is 0 Å². The van der Waals surface area contributed by atoms with Crippen molar-refractivity contribution in [2.75, 3.05) is 13.2 Å². The summed E-state index contributed by atoms with van der Waals surface area (Å²) in [5.41, 5.74) is 4.73. The second-order valence-corrected chi connectivity index (χ2v) is 11.0. The average Bonchev–Trinajstić information content (AvgIpc) is 3.43. The minimum Gasteiger partial charge on any atom is -0.494 e. The fraction of sp³-hybridized carbons (Fsp3) is 0.367. The molecular formula is C30H35N3O2S2. The summed E-state index contributed by atoms with van der Waals surface area (Å²) in [7, 11) is 0. The Morgan fingerprint density at radius 1 is 1.14 bits per heavy atom. The number of hydrogen-bond donors (Lipinski definition) is 0. The highest BCUT2D eigenvalue weighted by atomic mass is 32.2. The number of nitrogens with zero attached hydrogens (tertiary/aromatic N) is 3. The number of ether oxygens (including phenoxy) is 1. The van der Waals surface area contributed by atoms with Crippen molar-refractivity contribution in [3.63, 3.8) is 0 Å². The van der Waals surface area contributed by atoms with Crippen LogP contribution in [0.15, 0.2) is 59.6 Å². The van der Waals surface area contributed by atoms with E-state index < -0.39 is 0 Å². The Hall–Kier alpha value is -2.90. The van der Waals surface area contributed by atoms with Gasteiger partial charge in [-0.1, -0.05) is 75.3 Å². The summed E-state index contributed by atoms with van der Waals surface area (Å²) in [4.78, 5) is 15.9. The van der Waals surface area contributed by atoms with Gasteiger partial charge in [0.1, 0.15) is 15.8 Å². The molecule has 4 rings (SSSR count). The van der Waals surface area contributed by atoms with Crippen LogP contribution in [0.2, 0.25) is 0 Å². The molecule has 0 bridgehead atoms. The van der Waals surface area contributed by atoms with Crippen molar-refractivity contribution in [2.45, 2.75) is 53.4 Å². The first-order chi connectivity index (χ1) is 17.9. The van der Waals surface area contributed by atoms with Crippen molar-refractivity contribution in [3.05, 3.63) is 70.8 Å². The van der Waals surface area contributed by atoms with Crippen molar-refractivity contribution < 1.29 is 9.53 Å². The first kappa shape index (κ1) is 27.1. The topological polar surface area (TPSA) is 47.4 Å². The molecule has 2 heterocycles. The maximum atomic E-state index is 13.5. The van der Waals surface area contributed by atoms with Gasteiger partial charge < -0.3 is 4.74 Å². The molecule has 1 aliphatic rings. The SMILES string of the molecule is CCCCC(CC)CN1C(=O)/C(=C/c2cn(-c3ccccc3)nc2-c2ccc(OCC)cc2C)SC1=S. The lowest BCUT2D eigenvalue weighted by molar-refractivity contribution is -0.122. The molecule has 1 saturated heterocycles. The third-order valence-corrected chi connectivity index (χ3v) is 8.05. The smallest absolute Gasteiger partial charge is 0.266 e. The molecule has 0 radical (unpaired) electrons. The van der Waals surface area contributed by atoms with Gasteiger partial charge in [-0.05, 0) is 68.2 Å². The van der Waals surface area contributed by atoms with Gasteiger partial charge in [0.2, 0.25) is 0 Å². The molecule has 1 unspecified atom stereocenters. The monoisotopic (exact) mass is 533 g/mol. The van der Waals surface area contributed by atoms with Crippen LogP contribution >= 0.6 is 24.0 Å². The van der Waals surface area contributed by atoms with Gasteiger partial charge in [0.25, 0.3) is 5.91 Å². The number of amides is 1. The van der Waals surface area contributed by atoms with Crippen molar-refractivity contribution in [2.24, 2.45) is 5.92 Å². The number of rotatable bonds is 11. The highest BCUT2D eigenvalue weighted by Crippen LogP contribution is 2.37. The molecule has 1 atom stereocenters. The standard InChI is InChI=1S/C30H35N3O2S2/c1-5-8-12-22(6-2)19-32-29(34)27(37-30(32)36)18-23-20-33(24-13-10-9-11-14-24)31-28(23)26-16-15-25(35-7-3)17-21(26)4/h9-11,13-18,20,22H,5-8,12,19H2,1-4H3/b27-18-. The Labute approximate surface area is 229 Å². The molecule has 1 aliphatic heterocycles. The fourth-order valence-corrected chi connectivity index (χ4v) is 5.81. The highest BCUT2D eigenvalue weighted by Gasteiger charge is 2.33. The first-order valence-corrected chi connectivity index (χ1v) is 14.3. The number of carbonyl (C=O) groups excluding carboxylic acids is 1. The average molecular weight is 534 g/mol. The van der Waals surface area contributed by atoms with E-state index in [0.29, 0.717) is 28.3 Å². The van der Waals surface area contributed by atoms with Crippen LogP contribution in [0.4, 0.5) is 0 Å². The third-order valence-electron chi connectivity index (χ3n) is 6.67. The van der Waals surface area contributed by atoms with E-state index in [-0.39, 0.29) is 5.91 Å². The van der Waals surface area contributed by atoms with Crippen molar-refractivity contribution >= 4 is 40.3 Å². The van der Waals surface area contributed by atoms with E-state index >= 15 is 0 Å². The zero-order chi connectivity index (χ0) is 26.4. The predicted octanol–water partition coefficient (Wildman–Crippen LogP) is 7.66. The molecule has 7 heteroatoms. The number of unbranched alkanes of at least 4 members (excludes halogenated alkanes) is 1. The lowest BCUT2D eigenvalue weighted by Gasteiger charge is -2.21. The molecule has 3 aromatic rings. The minimum atomic E-state index is -0.00762. The maximum Gasteiger partial charge on any atom is 0.266 e. The number of thiocarbonyl (C=S) groups is 1. The fourth-order valence-electron chi connectivity index (χ4n) is 4.55. The number of carbonyl (C=O) groups is 1. The van der Waals surface area contributed by atoms with Crippen LogP contribution in [0.3, 0.4) is 0 Å². The van der Waals surface area contributed by atoms with Crippen LogP contribution in [0.25, 0.3) is 23.0 Å². The van der Waals surface area contributed by atoms with E-state index in [0.717, 1.165) is 53.1 Å². The molecule has 0 spiro atoms. The van der Waals surface area contributed by atoms with Crippen LogP contribution < -0.4 is 4.74 Å². The third kappa shape index (κ3) is 6.33. The Morgan fingerprint density at radius 3 is 2.59 bits per heavy atom. The van der Waals surface area contributed by atoms with E-state index in [9.17, 15) is 4.79 Å².